The highest BCUT2D eigenvalue weighted by molar-refractivity contribution is 6.33. The molecule has 186 valence electrons. The molecule has 3 N–H and O–H groups in total. The van der Waals surface area contributed by atoms with Gasteiger partial charge in [0.25, 0.3) is 5.91 Å². The Morgan fingerprint density at radius 3 is 2.51 bits per heavy atom. The SMILES string of the molecule is COCC(Nc1ccc(C(=O)NCC2CCC(C(=O)O)CC2)cc1Cl)c1cc(C#N)ccc1OC. The number of rotatable bonds is 10. The number of hydrogen-bond acceptors (Lipinski definition) is 6. The highest BCUT2D eigenvalue weighted by atomic mass is 35.5. The maximum Gasteiger partial charge on any atom is 0.306 e. The summed E-state index contributed by atoms with van der Waals surface area (Å²) in [5.41, 5.74) is 2.30. The summed E-state index contributed by atoms with van der Waals surface area (Å²) in [5, 5.41) is 25.1. The van der Waals surface area contributed by atoms with Crippen LogP contribution in [0.15, 0.2) is 36.4 Å². The first-order valence-corrected chi connectivity index (χ1v) is 11.9. The van der Waals surface area contributed by atoms with E-state index in [2.05, 4.69) is 16.7 Å². The Morgan fingerprint density at radius 1 is 1.17 bits per heavy atom. The smallest absolute Gasteiger partial charge is 0.306 e. The van der Waals surface area contributed by atoms with Gasteiger partial charge in [0.2, 0.25) is 0 Å². The summed E-state index contributed by atoms with van der Waals surface area (Å²) in [5.74, 6) is -0.344. The van der Waals surface area contributed by atoms with Crippen molar-refractivity contribution in [3.05, 3.63) is 58.1 Å². The molecule has 0 aromatic heterocycles. The molecule has 35 heavy (non-hydrogen) atoms. The molecule has 1 aliphatic rings. The number of amides is 1. The van der Waals surface area contributed by atoms with Gasteiger partial charge in [-0.1, -0.05) is 11.6 Å². The molecule has 0 saturated heterocycles. The third-order valence-corrected chi connectivity index (χ3v) is 6.69. The Labute approximate surface area is 210 Å². The first-order valence-electron chi connectivity index (χ1n) is 11.5. The number of nitrogens with zero attached hydrogens (tertiary/aromatic N) is 1. The minimum atomic E-state index is -0.736. The van der Waals surface area contributed by atoms with Crippen molar-refractivity contribution in [1.82, 2.24) is 5.32 Å². The van der Waals surface area contributed by atoms with Crippen LogP contribution in [0.25, 0.3) is 0 Å². The van der Waals surface area contributed by atoms with Crippen LogP contribution in [0.5, 0.6) is 5.75 Å². The summed E-state index contributed by atoms with van der Waals surface area (Å²) in [4.78, 5) is 23.8. The molecule has 1 aliphatic carbocycles. The van der Waals surface area contributed by atoms with Crippen molar-refractivity contribution in [1.29, 1.82) is 5.26 Å². The number of carboxylic acid groups (broad SMARTS) is 1. The normalized spacial score (nSPS) is 18.2. The maximum atomic E-state index is 12.7. The molecule has 8 nitrogen and oxygen atoms in total. The van der Waals surface area contributed by atoms with Gasteiger partial charge in [-0.2, -0.15) is 5.26 Å². The van der Waals surface area contributed by atoms with Crippen LogP contribution in [0.3, 0.4) is 0 Å². The predicted molar refractivity (Wildman–Crippen MR) is 133 cm³/mol. The van der Waals surface area contributed by atoms with Crippen molar-refractivity contribution in [2.75, 3.05) is 32.7 Å². The molecular weight excluding hydrogens is 470 g/mol. The van der Waals surface area contributed by atoms with E-state index in [-0.39, 0.29) is 23.8 Å². The Kier molecular flexibility index (Phi) is 9.35. The summed E-state index contributed by atoms with van der Waals surface area (Å²) < 4.78 is 10.8. The number of carbonyl (C=O) groups excluding carboxylic acids is 1. The number of methoxy groups -OCH3 is 2. The zero-order valence-corrected chi connectivity index (χ0v) is 20.6. The fourth-order valence-electron chi connectivity index (χ4n) is 4.37. The average Bonchev–Trinajstić information content (AvgIpc) is 2.87. The van der Waals surface area contributed by atoms with Gasteiger partial charge >= 0.3 is 5.97 Å². The molecule has 0 heterocycles. The molecular formula is C26H30ClN3O5. The van der Waals surface area contributed by atoms with Crippen molar-refractivity contribution in [3.63, 3.8) is 0 Å². The van der Waals surface area contributed by atoms with Gasteiger partial charge in [-0.25, -0.2) is 0 Å². The lowest BCUT2D eigenvalue weighted by Gasteiger charge is -2.26. The molecule has 1 unspecified atom stereocenters. The summed E-state index contributed by atoms with van der Waals surface area (Å²) in [6.07, 6.45) is 2.87. The Morgan fingerprint density at radius 2 is 1.91 bits per heavy atom. The van der Waals surface area contributed by atoms with Gasteiger partial charge in [-0.15, -0.1) is 0 Å². The van der Waals surface area contributed by atoms with Gasteiger partial charge in [0.15, 0.2) is 0 Å². The van der Waals surface area contributed by atoms with Crippen LogP contribution in [-0.2, 0) is 9.53 Å². The molecule has 0 aliphatic heterocycles. The van der Waals surface area contributed by atoms with E-state index in [0.29, 0.717) is 53.6 Å². The Balaban J connectivity index is 1.66. The second-order valence-corrected chi connectivity index (χ2v) is 9.09. The zero-order chi connectivity index (χ0) is 25.4. The molecule has 0 bridgehead atoms. The lowest BCUT2D eigenvalue weighted by molar-refractivity contribution is -0.143. The van der Waals surface area contributed by atoms with Crippen molar-refractivity contribution in [2.24, 2.45) is 11.8 Å². The summed E-state index contributed by atoms with van der Waals surface area (Å²) in [6.45, 7) is 0.807. The number of ether oxygens (including phenoxy) is 2. The fraction of sp³-hybridized carbons (Fsp3) is 0.423. The van der Waals surface area contributed by atoms with E-state index in [9.17, 15) is 14.9 Å². The summed E-state index contributed by atoms with van der Waals surface area (Å²) >= 11 is 6.51. The number of nitriles is 1. The molecule has 1 amide bonds. The Hall–Kier alpha value is -3.28. The lowest BCUT2D eigenvalue weighted by atomic mass is 9.82. The van der Waals surface area contributed by atoms with Crippen molar-refractivity contribution in [2.45, 2.75) is 31.7 Å². The maximum absolute atomic E-state index is 12.7. The number of hydrogen-bond donors (Lipinski definition) is 3. The Bertz CT molecular complexity index is 1090. The van der Waals surface area contributed by atoms with E-state index in [0.717, 1.165) is 18.4 Å². The van der Waals surface area contributed by atoms with Gasteiger partial charge in [0.1, 0.15) is 5.75 Å². The van der Waals surface area contributed by atoms with E-state index in [1.54, 1.807) is 50.6 Å². The molecule has 1 saturated carbocycles. The third kappa shape index (κ3) is 6.87. The van der Waals surface area contributed by atoms with Gasteiger partial charge in [-0.05, 0) is 68.0 Å². The lowest BCUT2D eigenvalue weighted by Crippen LogP contribution is -2.32. The number of halogens is 1. The minimum absolute atomic E-state index is 0.226. The van der Waals surface area contributed by atoms with E-state index >= 15 is 0 Å². The number of nitrogens with one attached hydrogen (secondary N) is 2. The van der Waals surface area contributed by atoms with Crippen LogP contribution in [-0.4, -0.2) is 44.4 Å². The van der Waals surface area contributed by atoms with Crippen molar-refractivity contribution >= 4 is 29.2 Å². The number of carbonyl (C=O) groups is 2. The number of aliphatic carboxylic acids is 1. The van der Waals surface area contributed by atoms with E-state index in [1.807, 2.05) is 0 Å². The molecule has 1 fully saturated rings. The van der Waals surface area contributed by atoms with Crippen LogP contribution >= 0.6 is 11.6 Å². The van der Waals surface area contributed by atoms with Gasteiger partial charge in [-0.3, -0.25) is 9.59 Å². The first-order chi connectivity index (χ1) is 16.9. The number of anilines is 1. The quantitative estimate of drug-likeness (QED) is 0.435. The number of carboxylic acids is 1. The van der Waals surface area contributed by atoms with Crippen LogP contribution in [0, 0.1) is 23.2 Å². The summed E-state index contributed by atoms with van der Waals surface area (Å²) in [6, 6.07) is 12.0. The molecule has 9 heteroatoms. The van der Waals surface area contributed by atoms with Crippen LogP contribution in [0.2, 0.25) is 5.02 Å². The fourth-order valence-corrected chi connectivity index (χ4v) is 4.60. The molecule has 0 radical (unpaired) electrons. The number of benzene rings is 2. The van der Waals surface area contributed by atoms with Gasteiger partial charge in [0, 0.05) is 24.8 Å². The van der Waals surface area contributed by atoms with Gasteiger partial charge < -0.3 is 25.2 Å². The van der Waals surface area contributed by atoms with Crippen LogP contribution in [0.4, 0.5) is 5.69 Å². The molecule has 2 aromatic rings. The third-order valence-electron chi connectivity index (χ3n) is 6.38. The second kappa shape index (κ2) is 12.4. The van der Waals surface area contributed by atoms with Crippen molar-refractivity contribution < 1.29 is 24.2 Å². The van der Waals surface area contributed by atoms with E-state index in [1.165, 1.54) is 0 Å². The molecule has 2 aromatic carbocycles. The summed E-state index contributed by atoms with van der Waals surface area (Å²) in [7, 11) is 3.14. The monoisotopic (exact) mass is 499 g/mol. The standard InChI is InChI=1S/C26H30ClN3O5/c1-34-15-23(20-11-17(13-28)5-10-24(20)35-2)30-22-9-8-19(12-21(22)27)25(31)29-14-16-3-6-18(7-4-16)26(32)33/h5,8-12,16,18,23,30H,3-4,6-7,14-15H2,1-2H3,(H,29,31)(H,32,33). The largest absolute Gasteiger partial charge is 0.496 e. The highest BCUT2D eigenvalue weighted by Gasteiger charge is 2.26. The second-order valence-electron chi connectivity index (χ2n) is 8.68. The van der Waals surface area contributed by atoms with Crippen molar-refractivity contribution in [3.8, 4) is 11.8 Å². The molecule has 3 rings (SSSR count). The van der Waals surface area contributed by atoms with E-state index < -0.39 is 5.97 Å². The zero-order valence-electron chi connectivity index (χ0n) is 19.8. The first kappa shape index (κ1) is 26.3. The topological polar surface area (TPSA) is 121 Å². The van der Waals surface area contributed by atoms with Crippen LogP contribution < -0.4 is 15.4 Å². The van der Waals surface area contributed by atoms with Gasteiger partial charge in [0.05, 0.1) is 48.0 Å². The van der Waals surface area contributed by atoms with Crippen LogP contribution in [0.1, 0.15) is 53.2 Å². The highest BCUT2D eigenvalue weighted by Crippen LogP contribution is 2.33. The molecule has 0 spiro atoms. The average molecular weight is 500 g/mol. The molecule has 1 atom stereocenters. The van der Waals surface area contributed by atoms with E-state index in [4.69, 9.17) is 26.2 Å². The predicted octanol–water partition coefficient (Wildman–Crippen LogP) is 4.64. The minimum Gasteiger partial charge on any atom is -0.496 e.